The molecule has 0 aliphatic carbocycles. The van der Waals surface area contributed by atoms with Crippen molar-refractivity contribution in [3.8, 4) is 0 Å². The smallest absolute Gasteiger partial charge is 0.294 e. The highest BCUT2D eigenvalue weighted by Gasteiger charge is 2.21. The van der Waals surface area contributed by atoms with Gasteiger partial charge in [-0.05, 0) is 19.1 Å². The Bertz CT molecular complexity index is 596. The Labute approximate surface area is 111 Å². The van der Waals surface area contributed by atoms with Crippen molar-refractivity contribution in [2.24, 2.45) is 0 Å². The molecular weight excluding hydrogens is 272 g/mol. The van der Waals surface area contributed by atoms with Gasteiger partial charge in [-0.25, -0.2) is 0 Å². The van der Waals surface area contributed by atoms with E-state index in [-0.39, 0.29) is 11.5 Å². The van der Waals surface area contributed by atoms with Gasteiger partial charge < -0.3 is 0 Å². The molecule has 0 unspecified atom stereocenters. The van der Waals surface area contributed by atoms with E-state index in [1.165, 1.54) is 24.8 Å². The molecule has 2 aromatic rings. The van der Waals surface area contributed by atoms with Gasteiger partial charge in [0.2, 0.25) is 0 Å². The van der Waals surface area contributed by atoms with Gasteiger partial charge in [-0.3, -0.25) is 19.9 Å². The van der Waals surface area contributed by atoms with Crippen LogP contribution in [0.3, 0.4) is 0 Å². The summed E-state index contributed by atoms with van der Waals surface area (Å²) < 4.78 is 0.511. The number of ketones is 1. The number of carbonyl (C=O) groups is 1. The number of pyridine rings is 1. The molecule has 2 rings (SSSR count). The normalized spacial score (nSPS) is 10.3. The Morgan fingerprint density at radius 3 is 2.67 bits per heavy atom. The Kier molecular flexibility index (Phi) is 3.73. The fourth-order valence-corrected chi connectivity index (χ4v) is 3.44. The van der Waals surface area contributed by atoms with E-state index in [1.807, 2.05) is 0 Å². The van der Waals surface area contributed by atoms with Crippen molar-refractivity contribution in [3.63, 3.8) is 0 Å². The van der Waals surface area contributed by atoms with Crippen LogP contribution < -0.4 is 0 Å². The zero-order valence-electron chi connectivity index (χ0n) is 9.32. The molecule has 0 N–H and O–H groups in total. The molecule has 0 atom stereocenters. The molecule has 0 spiro atoms. The van der Waals surface area contributed by atoms with E-state index in [4.69, 9.17) is 0 Å². The van der Waals surface area contributed by atoms with E-state index < -0.39 is 4.92 Å². The average Bonchev–Trinajstić information content (AvgIpc) is 2.74. The summed E-state index contributed by atoms with van der Waals surface area (Å²) in [4.78, 5) is 26.8. The molecular formula is C11H8N2O3S2. The topological polar surface area (TPSA) is 73.1 Å². The lowest BCUT2D eigenvalue weighted by molar-refractivity contribution is -0.387. The van der Waals surface area contributed by atoms with Gasteiger partial charge >= 0.3 is 0 Å². The predicted molar refractivity (Wildman–Crippen MR) is 69.3 cm³/mol. The molecule has 92 valence electrons. The molecule has 18 heavy (non-hydrogen) atoms. The van der Waals surface area contributed by atoms with Crippen LogP contribution >= 0.6 is 23.1 Å². The lowest BCUT2D eigenvalue weighted by Gasteiger charge is -1.96. The highest BCUT2D eigenvalue weighted by molar-refractivity contribution is 8.01. The van der Waals surface area contributed by atoms with Crippen LogP contribution in [0.25, 0.3) is 0 Å². The summed E-state index contributed by atoms with van der Waals surface area (Å²) in [6, 6.07) is 4.86. The van der Waals surface area contributed by atoms with Crippen LogP contribution in [0.5, 0.6) is 0 Å². The van der Waals surface area contributed by atoms with Crippen molar-refractivity contribution in [2.75, 3.05) is 0 Å². The summed E-state index contributed by atoms with van der Waals surface area (Å²) in [5.74, 6) is -0.162. The van der Waals surface area contributed by atoms with Crippen molar-refractivity contribution in [1.29, 1.82) is 0 Å². The maximum absolute atomic E-state index is 11.3. The lowest BCUT2D eigenvalue weighted by Crippen LogP contribution is -1.87. The molecule has 2 heterocycles. The van der Waals surface area contributed by atoms with Crippen LogP contribution in [0.2, 0.25) is 0 Å². The van der Waals surface area contributed by atoms with Crippen LogP contribution in [-0.4, -0.2) is 15.7 Å². The number of nitro groups is 1. The van der Waals surface area contributed by atoms with E-state index in [9.17, 15) is 14.9 Å². The molecule has 0 fully saturated rings. The lowest BCUT2D eigenvalue weighted by atomic mass is 10.3. The second kappa shape index (κ2) is 5.28. The number of nitrogens with zero attached hydrogens (tertiary/aromatic N) is 2. The highest BCUT2D eigenvalue weighted by Crippen LogP contribution is 2.41. The van der Waals surface area contributed by atoms with Gasteiger partial charge in [0.05, 0.1) is 9.80 Å². The number of hydrogen-bond donors (Lipinski definition) is 0. The van der Waals surface area contributed by atoms with E-state index in [1.54, 1.807) is 24.5 Å². The predicted octanol–water partition coefficient (Wildman–Crippen LogP) is 3.41. The molecule has 7 heteroatoms. The van der Waals surface area contributed by atoms with Gasteiger partial charge in [-0.15, -0.1) is 11.3 Å². The minimum atomic E-state index is -0.466. The molecule has 0 amide bonds. The number of carbonyl (C=O) groups excluding carboxylic acids is 1. The largest absolute Gasteiger partial charge is 0.294 e. The summed E-state index contributed by atoms with van der Waals surface area (Å²) in [5, 5.41) is 10.9. The van der Waals surface area contributed by atoms with Gasteiger partial charge in [0.1, 0.15) is 4.21 Å². The van der Waals surface area contributed by atoms with Crippen molar-refractivity contribution >= 4 is 34.6 Å². The maximum Gasteiger partial charge on any atom is 0.294 e. The fraction of sp³-hybridized carbons (Fsp3) is 0.0909. The second-order valence-corrected chi connectivity index (χ2v) is 5.78. The standard InChI is InChI=1S/C11H8N2O3S2/c1-7(14)10-6-9(13(15)16)11(18-10)17-8-2-4-12-5-3-8/h2-6H,1H3. The third kappa shape index (κ3) is 2.74. The summed E-state index contributed by atoms with van der Waals surface area (Å²) in [7, 11) is 0. The Morgan fingerprint density at radius 2 is 2.11 bits per heavy atom. The number of thiophene rings is 1. The van der Waals surface area contributed by atoms with Crippen LogP contribution in [-0.2, 0) is 0 Å². The molecule has 0 saturated carbocycles. The quantitative estimate of drug-likeness (QED) is 0.487. The van der Waals surface area contributed by atoms with Crippen molar-refractivity contribution in [3.05, 3.63) is 45.6 Å². The molecule has 5 nitrogen and oxygen atoms in total. The van der Waals surface area contributed by atoms with Crippen molar-refractivity contribution in [1.82, 2.24) is 4.98 Å². The number of aromatic nitrogens is 1. The van der Waals surface area contributed by atoms with Crippen LogP contribution in [0.15, 0.2) is 39.7 Å². The molecule has 0 aliphatic rings. The van der Waals surface area contributed by atoms with E-state index in [0.29, 0.717) is 9.09 Å². The summed E-state index contributed by atoms with van der Waals surface area (Å²) in [5.41, 5.74) is -0.0213. The molecule has 0 aliphatic heterocycles. The second-order valence-electron chi connectivity index (χ2n) is 3.38. The van der Waals surface area contributed by atoms with Crippen molar-refractivity contribution < 1.29 is 9.72 Å². The zero-order chi connectivity index (χ0) is 13.1. The van der Waals surface area contributed by atoms with Gasteiger partial charge in [-0.1, -0.05) is 11.8 Å². The first-order valence-corrected chi connectivity index (χ1v) is 6.58. The van der Waals surface area contributed by atoms with Gasteiger partial charge in [0, 0.05) is 23.4 Å². The van der Waals surface area contributed by atoms with E-state index >= 15 is 0 Å². The van der Waals surface area contributed by atoms with Crippen LogP contribution in [0.4, 0.5) is 5.69 Å². The van der Waals surface area contributed by atoms with Crippen LogP contribution in [0.1, 0.15) is 16.6 Å². The molecule has 0 aromatic carbocycles. The van der Waals surface area contributed by atoms with Gasteiger partial charge in [0.15, 0.2) is 5.78 Å². The first kappa shape index (κ1) is 12.7. The van der Waals surface area contributed by atoms with E-state index in [0.717, 1.165) is 16.2 Å². The van der Waals surface area contributed by atoms with E-state index in [2.05, 4.69) is 4.98 Å². The number of hydrogen-bond acceptors (Lipinski definition) is 6. The average molecular weight is 280 g/mol. The third-order valence-corrected chi connectivity index (χ3v) is 4.51. The maximum atomic E-state index is 11.3. The monoisotopic (exact) mass is 280 g/mol. The number of rotatable bonds is 4. The minimum Gasteiger partial charge on any atom is -0.294 e. The highest BCUT2D eigenvalue weighted by atomic mass is 32.2. The first-order valence-electron chi connectivity index (χ1n) is 4.95. The SMILES string of the molecule is CC(=O)c1cc([N+](=O)[O-])c(Sc2ccncc2)s1. The molecule has 2 aromatic heterocycles. The zero-order valence-corrected chi connectivity index (χ0v) is 11.0. The number of Topliss-reactive ketones (excluding diaryl/α,β-unsaturated/α-hetero) is 1. The summed E-state index contributed by atoms with van der Waals surface area (Å²) >= 11 is 2.41. The first-order chi connectivity index (χ1) is 8.58. The summed E-state index contributed by atoms with van der Waals surface area (Å²) in [6.07, 6.45) is 3.24. The molecule has 0 saturated heterocycles. The Balaban J connectivity index is 2.37. The van der Waals surface area contributed by atoms with Gasteiger partial charge in [-0.2, -0.15) is 0 Å². The Morgan fingerprint density at radius 1 is 1.44 bits per heavy atom. The molecule has 0 radical (unpaired) electrons. The van der Waals surface area contributed by atoms with Gasteiger partial charge in [0.25, 0.3) is 5.69 Å². The Hall–Kier alpha value is -1.73. The third-order valence-electron chi connectivity index (χ3n) is 2.08. The minimum absolute atomic E-state index is 0.0213. The summed E-state index contributed by atoms with van der Waals surface area (Å²) in [6.45, 7) is 1.40. The van der Waals surface area contributed by atoms with Crippen molar-refractivity contribution in [2.45, 2.75) is 16.0 Å². The van der Waals surface area contributed by atoms with Crippen LogP contribution in [0, 0.1) is 10.1 Å². The molecule has 0 bridgehead atoms. The fourth-order valence-electron chi connectivity index (χ4n) is 1.25.